The van der Waals surface area contributed by atoms with Gasteiger partial charge in [-0.05, 0) is 36.7 Å². The van der Waals surface area contributed by atoms with E-state index in [1.165, 1.54) is 11.1 Å². The summed E-state index contributed by atoms with van der Waals surface area (Å²) in [6, 6.07) is 16.4. The number of ether oxygens (including phenoxy) is 1. The number of hydrogen-bond donors (Lipinski definition) is 1. The van der Waals surface area contributed by atoms with Crippen molar-refractivity contribution in [1.82, 2.24) is 5.32 Å². The van der Waals surface area contributed by atoms with Gasteiger partial charge >= 0.3 is 0 Å². The standard InChI is InChI=1S/C17H20BrNO.ClH/c1-2-10-19-12-15-11-16(18)8-9-17(15)20-13-14-6-4-3-5-7-14;/h3-9,11,19H,2,10,12-13H2,1H3;1H. The highest BCUT2D eigenvalue weighted by Crippen LogP contribution is 2.24. The third-order valence-electron chi connectivity index (χ3n) is 3.00. The van der Waals surface area contributed by atoms with Crippen molar-refractivity contribution in [3.05, 3.63) is 64.1 Å². The maximum atomic E-state index is 5.95. The van der Waals surface area contributed by atoms with Crippen LogP contribution in [0.3, 0.4) is 0 Å². The molecule has 0 aromatic heterocycles. The van der Waals surface area contributed by atoms with E-state index in [9.17, 15) is 0 Å². The van der Waals surface area contributed by atoms with Crippen molar-refractivity contribution < 1.29 is 4.74 Å². The molecule has 2 aromatic carbocycles. The zero-order valence-electron chi connectivity index (χ0n) is 12.1. The third-order valence-corrected chi connectivity index (χ3v) is 3.50. The first-order valence-electron chi connectivity index (χ1n) is 6.95. The molecule has 0 saturated heterocycles. The quantitative estimate of drug-likeness (QED) is 0.696. The van der Waals surface area contributed by atoms with Gasteiger partial charge in [0, 0.05) is 16.6 Å². The van der Waals surface area contributed by atoms with Crippen LogP contribution in [0.25, 0.3) is 0 Å². The predicted molar refractivity (Wildman–Crippen MR) is 94.2 cm³/mol. The van der Waals surface area contributed by atoms with Crippen molar-refractivity contribution >= 4 is 28.3 Å². The van der Waals surface area contributed by atoms with Crippen LogP contribution in [-0.4, -0.2) is 6.54 Å². The fraction of sp³-hybridized carbons (Fsp3) is 0.294. The van der Waals surface area contributed by atoms with Gasteiger partial charge in [0.25, 0.3) is 0 Å². The fourth-order valence-electron chi connectivity index (χ4n) is 1.96. The molecule has 0 radical (unpaired) electrons. The van der Waals surface area contributed by atoms with E-state index in [0.717, 1.165) is 29.7 Å². The Hall–Kier alpha value is -1.03. The van der Waals surface area contributed by atoms with Crippen LogP contribution in [0, 0.1) is 0 Å². The van der Waals surface area contributed by atoms with E-state index >= 15 is 0 Å². The Bertz CT molecular complexity index is 534. The lowest BCUT2D eigenvalue weighted by atomic mass is 10.2. The molecule has 0 atom stereocenters. The van der Waals surface area contributed by atoms with Crippen LogP contribution in [0.4, 0.5) is 0 Å². The van der Waals surface area contributed by atoms with E-state index in [1.807, 2.05) is 30.3 Å². The number of halogens is 2. The zero-order chi connectivity index (χ0) is 14.2. The lowest BCUT2D eigenvalue weighted by Gasteiger charge is -2.13. The second-order valence-electron chi connectivity index (χ2n) is 4.70. The summed E-state index contributed by atoms with van der Waals surface area (Å²) in [5.41, 5.74) is 2.37. The maximum Gasteiger partial charge on any atom is 0.124 e. The van der Waals surface area contributed by atoms with Crippen LogP contribution in [0.2, 0.25) is 0 Å². The van der Waals surface area contributed by atoms with Crippen LogP contribution in [-0.2, 0) is 13.2 Å². The summed E-state index contributed by atoms with van der Waals surface area (Å²) < 4.78 is 7.03. The molecular formula is C17H21BrClNO. The van der Waals surface area contributed by atoms with Gasteiger partial charge in [0.2, 0.25) is 0 Å². The highest BCUT2D eigenvalue weighted by atomic mass is 79.9. The Kier molecular flexibility index (Phi) is 8.43. The molecule has 0 heterocycles. The van der Waals surface area contributed by atoms with E-state index in [1.54, 1.807) is 0 Å². The van der Waals surface area contributed by atoms with Gasteiger partial charge in [-0.15, -0.1) is 12.4 Å². The average molecular weight is 371 g/mol. The van der Waals surface area contributed by atoms with Gasteiger partial charge in [-0.25, -0.2) is 0 Å². The SMILES string of the molecule is CCCNCc1cc(Br)ccc1OCc1ccccc1.Cl. The highest BCUT2D eigenvalue weighted by Gasteiger charge is 2.05. The zero-order valence-corrected chi connectivity index (χ0v) is 14.5. The number of hydrogen-bond acceptors (Lipinski definition) is 2. The minimum absolute atomic E-state index is 0. The maximum absolute atomic E-state index is 5.95. The molecule has 114 valence electrons. The second-order valence-corrected chi connectivity index (χ2v) is 5.62. The average Bonchev–Trinajstić information content (AvgIpc) is 2.48. The summed E-state index contributed by atoms with van der Waals surface area (Å²) in [6.45, 7) is 4.62. The first-order valence-corrected chi connectivity index (χ1v) is 7.74. The lowest BCUT2D eigenvalue weighted by molar-refractivity contribution is 0.302. The van der Waals surface area contributed by atoms with E-state index < -0.39 is 0 Å². The van der Waals surface area contributed by atoms with Crippen molar-refractivity contribution in [2.24, 2.45) is 0 Å². The molecule has 0 aliphatic carbocycles. The molecule has 0 amide bonds. The normalized spacial score (nSPS) is 10.0. The summed E-state index contributed by atoms with van der Waals surface area (Å²) in [6.07, 6.45) is 1.13. The molecule has 2 rings (SSSR count). The van der Waals surface area contributed by atoms with Crippen molar-refractivity contribution in [1.29, 1.82) is 0 Å². The Morgan fingerprint density at radius 3 is 2.57 bits per heavy atom. The van der Waals surface area contributed by atoms with Crippen molar-refractivity contribution in [3.8, 4) is 5.75 Å². The summed E-state index contributed by atoms with van der Waals surface area (Å²) in [4.78, 5) is 0. The van der Waals surface area contributed by atoms with Crippen LogP contribution in [0.5, 0.6) is 5.75 Å². The predicted octanol–water partition coefficient (Wildman–Crippen LogP) is 4.95. The topological polar surface area (TPSA) is 21.3 Å². The summed E-state index contributed by atoms with van der Waals surface area (Å²) >= 11 is 3.52. The smallest absolute Gasteiger partial charge is 0.124 e. The van der Waals surface area contributed by atoms with Gasteiger partial charge < -0.3 is 10.1 Å². The van der Waals surface area contributed by atoms with Crippen LogP contribution in [0.1, 0.15) is 24.5 Å². The van der Waals surface area contributed by atoms with Crippen molar-refractivity contribution in [3.63, 3.8) is 0 Å². The van der Waals surface area contributed by atoms with Gasteiger partial charge in [-0.1, -0.05) is 53.2 Å². The van der Waals surface area contributed by atoms with E-state index in [4.69, 9.17) is 4.74 Å². The molecule has 21 heavy (non-hydrogen) atoms. The molecule has 0 saturated carbocycles. The molecule has 0 aliphatic heterocycles. The molecule has 2 aromatic rings. The molecule has 2 nitrogen and oxygen atoms in total. The molecule has 0 fully saturated rings. The molecule has 0 unspecified atom stereocenters. The largest absolute Gasteiger partial charge is 0.489 e. The molecular weight excluding hydrogens is 350 g/mol. The molecule has 1 N–H and O–H groups in total. The van der Waals surface area contributed by atoms with Crippen molar-refractivity contribution in [2.75, 3.05) is 6.54 Å². The highest BCUT2D eigenvalue weighted by molar-refractivity contribution is 9.10. The van der Waals surface area contributed by atoms with E-state index in [-0.39, 0.29) is 12.4 Å². The Morgan fingerprint density at radius 1 is 1.10 bits per heavy atom. The molecule has 0 bridgehead atoms. The Labute approximate surface area is 141 Å². The minimum atomic E-state index is 0. The van der Waals surface area contributed by atoms with E-state index in [2.05, 4.69) is 46.4 Å². The fourth-order valence-corrected chi connectivity index (χ4v) is 2.37. The second kappa shape index (κ2) is 9.82. The summed E-state index contributed by atoms with van der Waals surface area (Å²) in [5.74, 6) is 0.945. The third kappa shape index (κ3) is 6.08. The van der Waals surface area contributed by atoms with E-state index in [0.29, 0.717) is 6.61 Å². The first-order chi connectivity index (χ1) is 9.79. The van der Waals surface area contributed by atoms with Crippen molar-refractivity contribution in [2.45, 2.75) is 26.5 Å². The number of benzene rings is 2. The number of rotatable bonds is 7. The Morgan fingerprint density at radius 2 is 1.86 bits per heavy atom. The molecule has 4 heteroatoms. The summed E-state index contributed by atoms with van der Waals surface area (Å²) in [5, 5.41) is 3.42. The van der Waals surface area contributed by atoms with Gasteiger partial charge in [0.15, 0.2) is 0 Å². The monoisotopic (exact) mass is 369 g/mol. The van der Waals surface area contributed by atoms with Gasteiger partial charge in [-0.2, -0.15) is 0 Å². The minimum Gasteiger partial charge on any atom is -0.489 e. The van der Waals surface area contributed by atoms with Gasteiger partial charge in [-0.3, -0.25) is 0 Å². The first kappa shape index (κ1) is 18.0. The van der Waals surface area contributed by atoms with Gasteiger partial charge in [0.1, 0.15) is 12.4 Å². The molecule has 0 aliphatic rings. The lowest BCUT2D eigenvalue weighted by Crippen LogP contribution is -2.14. The molecule has 0 spiro atoms. The van der Waals surface area contributed by atoms with Crippen LogP contribution >= 0.6 is 28.3 Å². The summed E-state index contributed by atoms with van der Waals surface area (Å²) in [7, 11) is 0. The van der Waals surface area contributed by atoms with Crippen LogP contribution < -0.4 is 10.1 Å². The van der Waals surface area contributed by atoms with Gasteiger partial charge in [0.05, 0.1) is 0 Å². The number of nitrogens with one attached hydrogen (secondary N) is 1. The van der Waals surface area contributed by atoms with Crippen LogP contribution in [0.15, 0.2) is 53.0 Å². The Balaban J connectivity index is 0.00000220.